The standard InChI is InChI=1S/C15H20N2O3/c1-3-20-15(16-10-11-7-8-11)17-14(18)12-5-4-6-13(9-12)19-2/h4-6,9,11H,3,7-8,10H2,1-2H3,(H,16,17,18). The molecule has 0 radical (unpaired) electrons. The van der Waals surface area contributed by atoms with Crippen LogP contribution < -0.4 is 10.1 Å². The number of amides is 1. The van der Waals surface area contributed by atoms with E-state index in [0.29, 0.717) is 36.4 Å². The van der Waals surface area contributed by atoms with Gasteiger partial charge in [0.15, 0.2) is 0 Å². The maximum Gasteiger partial charge on any atom is 0.291 e. The summed E-state index contributed by atoms with van der Waals surface area (Å²) in [6, 6.07) is 7.27. The SMILES string of the molecule is CCOC(=NCC1CC1)NC(=O)c1cccc(OC)c1. The molecule has 5 nitrogen and oxygen atoms in total. The number of aliphatic imine (C=N–C) groups is 1. The zero-order valence-corrected chi connectivity index (χ0v) is 11.9. The lowest BCUT2D eigenvalue weighted by atomic mass is 10.2. The summed E-state index contributed by atoms with van der Waals surface area (Å²) in [4.78, 5) is 16.4. The van der Waals surface area contributed by atoms with Crippen LogP contribution in [0.1, 0.15) is 30.1 Å². The van der Waals surface area contributed by atoms with E-state index in [1.54, 1.807) is 31.4 Å². The van der Waals surface area contributed by atoms with Crippen molar-refractivity contribution in [3.8, 4) is 5.75 Å². The number of methoxy groups -OCH3 is 1. The van der Waals surface area contributed by atoms with Gasteiger partial charge in [0.1, 0.15) is 5.75 Å². The van der Waals surface area contributed by atoms with Crippen molar-refractivity contribution in [3.63, 3.8) is 0 Å². The van der Waals surface area contributed by atoms with Crippen molar-refractivity contribution >= 4 is 11.9 Å². The minimum Gasteiger partial charge on any atom is -0.497 e. The maximum absolute atomic E-state index is 12.1. The number of benzene rings is 1. The van der Waals surface area contributed by atoms with Crippen LogP contribution in [0, 0.1) is 5.92 Å². The molecule has 0 aliphatic heterocycles. The Hall–Kier alpha value is -2.04. The highest BCUT2D eigenvalue weighted by molar-refractivity contribution is 6.04. The number of hydrogen-bond donors (Lipinski definition) is 1. The van der Waals surface area contributed by atoms with Crippen LogP contribution in [0.25, 0.3) is 0 Å². The van der Waals surface area contributed by atoms with Gasteiger partial charge in [-0.25, -0.2) is 4.99 Å². The Morgan fingerprint density at radius 2 is 2.25 bits per heavy atom. The zero-order valence-electron chi connectivity index (χ0n) is 11.9. The van der Waals surface area contributed by atoms with Crippen LogP contribution >= 0.6 is 0 Å². The molecule has 1 aliphatic carbocycles. The number of nitrogens with zero attached hydrogens (tertiary/aromatic N) is 1. The number of hydrogen-bond acceptors (Lipinski definition) is 4. The fraction of sp³-hybridized carbons (Fsp3) is 0.467. The molecule has 2 rings (SSSR count). The highest BCUT2D eigenvalue weighted by Gasteiger charge is 2.21. The molecule has 1 aliphatic rings. The fourth-order valence-corrected chi connectivity index (χ4v) is 1.70. The average molecular weight is 276 g/mol. The summed E-state index contributed by atoms with van der Waals surface area (Å²) in [5.41, 5.74) is 0.517. The Balaban J connectivity index is 2.00. The molecular weight excluding hydrogens is 256 g/mol. The number of amidine groups is 1. The van der Waals surface area contributed by atoms with Gasteiger partial charge in [0, 0.05) is 12.1 Å². The summed E-state index contributed by atoms with van der Waals surface area (Å²) < 4.78 is 10.5. The van der Waals surface area contributed by atoms with Crippen LogP contribution in [-0.2, 0) is 4.74 Å². The second-order valence-corrected chi connectivity index (χ2v) is 4.71. The van der Waals surface area contributed by atoms with E-state index < -0.39 is 0 Å². The molecule has 5 heteroatoms. The van der Waals surface area contributed by atoms with E-state index in [0.717, 1.165) is 0 Å². The first-order valence-corrected chi connectivity index (χ1v) is 6.85. The third kappa shape index (κ3) is 4.26. The van der Waals surface area contributed by atoms with Crippen LogP contribution in [0.5, 0.6) is 5.75 Å². The molecule has 1 aromatic rings. The van der Waals surface area contributed by atoms with Gasteiger partial charge in [-0.15, -0.1) is 0 Å². The molecule has 0 atom stereocenters. The maximum atomic E-state index is 12.1. The first-order chi connectivity index (χ1) is 9.72. The lowest BCUT2D eigenvalue weighted by molar-refractivity contribution is 0.0966. The fourth-order valence-electron chi connectivity index (χ4n) is 1.70. The number of nitrogens with one attached hydrogen (secondary N) is 1. The van der Waals surface area contributed by atoms with Crippen molar-refractivity contribution in [2.75, 3.05) is 20.3 Å². The molecule has 0 unspecified atom stereocenters. The smallest absolute Gasteiger partial charge is 0.291 e. The van der Waals surface area contributed by atoms with E-state index in [-0.39, 0.29) is 5.91 Å². The van der Waals surface area contributed by atoms with Crippen molar-refractivity contribution in [1.29, 1.82) is 0 Å². The number of ether oxygens (including phenoxy) is 2. The molecule has 1 saturated carbocycles. The minimum absolute atomic E-state index is 0.244. The number of carbonyl (C=O) groups excluding carboxylic acids is 1. The Labute approximate surface area is 119 Å². The molecule has 0 saturated heterocycles. The normalized spacial score (nSPS) is 14.8. The Morgan fingerprint density at radius 1 is 1.45 bits per heavy atom. The number of rotatable bonds is 5. The summed E-state index contributed by atoms with van der Waals surface area (Å²) in [5, 5.41) is 2.70. The van der Waals surface area contributed by atoms with Gasteiger partial charge in [-0.3, -0.25) is 10.1 Å². The molecule has 0 heterocycles. The summed E-state index contributed by atoms with van der Waals surface area (Å²) in [6.45, 7) is 3.06. The molecule has 20 heavy (non-hydrogen) atoms. The molecule has 1 N–H and O–H groups in total. The van der Waals surface area contributed by atoms with E-state index in [4.69, 9.17) is 9.47 Å². The Morgan fingerprint density at radius 3 is 2.90 bits per heavy atom. The largest absolute Gasteiger partial charge is 0.497 e. The van der Waals surface area contributed by atoms with Gasteiger partial charge >= 0.3 is 0 Å². The molecule has 108 valence electrons. The molecule has 1 aromatic carbocycles. The van der Waals surface area contributed by atoms with Crippen LogP contribution in [-0.4, -0.2) is 32.2 Å². The molecule has 0 aromatic heterocycles. The van der Waals surface area contributed by atoms with Gasteiger partial charge in [0.2, 0.25) is 0 Å². The molecular formula is C15H20N2O3. The van der Waals surface area contributed by atoms with Gasteiger partial charge in [0.05, 0.1) is 13.7 Å². The predicted molar refractivity (Wildman–Crippen MR) is 77.1 cm³/mol. The zero-order chi connectivity index (χ0) is 14.4. The summed E-state index contributed by atoms with van der Waals surface area (Å²) >= 11 is 0. The quantitative estimate of drug-likeness (QED) is 0.662. The van der Waals surface area contributed by atoms with E-state index in [9.17, 15) is 4.79 Å². The first kappa shape index (κ1) is 14.4. The van der Waals surface area contributed by atoms with Crippen molar-refractivity contribution < 1.29 is 14.3 Å². The van der Waals surface area contributed by atoms with Gasteiger partial charge in [-0.2, -0.15) is 0 Å². The Bertz CT molecular complexity index is 496. The van der Waals surface area contributed by atoms with Crippen molar-refractivity contribution in [1.82, 2.24) is 5.32 Å². The highest BCUT2D eigenvalue weighted by atomic mass is 16.5. The summed E-state index contributed by atoms with van der Waals surface area (Å²) in [7, 11) is 1.57. The number of carbonyl (C=O) groups is 1. The van der Waals surface area contributed by atoms with E-state index >= 15 is 0 Å². The lowest BCUT2D eigenvalue weighted by Crippen LogP contribution is -2.33. The second kappa shape index (κ2) is 6.93. The van der Waals surface area contributed by atoms with Crippen LogP contribution in [0.3, 0.4) is 0 Å². The van der Waals surface area contributed by atoms with E-state index in [2.05, 4.69) is 10.3 Å². The van der Waals surface area contributed by atoms with Gasteiger partial charge in [-0.1, -0.05) is 6.07 Å². The van der Waals surface area contributed by atoms with Gasteiger partial charge in [0.25, 0.3) is 11.9 Å². The van der Waals surface area contributed by atoms with Gasteiger partial charge < -0.3 is 9.47 Å². The molecule has 1 amide bonds. The third-order valence-electron chi connectivity index (χ3n) is 3.02. The topological polar surface area (TPSA) is 59.9 Å². The lowest BCUT2D eigenvalue weighted by Gasteiger charge is -2.09. The summed E-state index contributed by atoms with van der Waals surface area (Å²) in [6.07, 6.45) is 2.43. The Kier molecular flexibility index (Phi) is 4.98. The highest BCUT2D eigenvalue weighted by Crippen LogP contribution is 2.28. The van der Waals surface area contributed by atoms with E-state index in [1.165, 1.54) is 12.8 Å². The van der Waals surface area contributed by atoms with Crippen molar-refractivity contribution in [3.05, 3.63) is 29.8 Å². The predicted octanol–water partition coefficient (Wildman–Crippen LogP) is 2.23. The molecule has 0 bridgehead atoms. The first-order valence-electron chi connectivity index (χ1n) is 6.85. The van der Waals surface area contributed by atoms with Gasteiger partial charge in [-0.05, 0) is 43.9 Å². The summed E-state index contributed by atoms with van der Waals surface area (Å²) in [5.74, 6) is 1.05. The molecule has 1 fully saturated rings. The van der Waals surface area contributed by atoms with Crippen LogP contribution in [0.15, 0.2) is 29.3 Å². The average Bonchev–Trinajstić information content (AvgIpc) is 3.29. The van der Waals surface area contributed by atoms with E-state index in [1.807, 2.05) is 6.92 Å². The third-order valence-corrected chi connectivity index (χ3v) is 3.02. The van der Waals surface area contributed by atoms with Crippen molar-refractivity contribution in [2.45, 2.75) is 19.8 Å². The monoisotopic (exact) mass is 276 g/mol. The second-order valence-electron chi connectivity index (χ2n) is 4.71. The van der Waals surface area contributed by atoms with Crippen molar-refractivity contribution in [2.24, 2.45) is 10.9 Å². The minimum atomic E-state index is -0.244. The molecule has 0 spiro atoms. The van der Waals surface area contributed by atoms with Crippen LogP contribution in [0.2, 0.25) is 0 Å². The van der Waals surface area contributed by atoms with Crippen LogP contribution in [0.4, 0.5) is 0 Å².